The van der Waals surface area contributed by atoms with Crippen LogP contribution in [0.15, 0.2) is 24.3 Å². The van der Waals surface area contributed by atoms with Gasteiger partial charge in [-0.05, 0) is 38.5 Å². The Balaban J connectivity index is 2.11. The van der Waals surface area contributed by atoms with E-state index in [1.54, 1.807) is 12.1 Å². The van der Waals surface area contributed by atoms with Gasteiger partial charge in [0.05, 0.1) is 0 Å². The van der Waals surface area contributed by atoms with Crippen LogP contribution in [0.1, 0.15) is 32.4 Å². The van der Waals surface area contributed by atoms with E-state index in [1.165, 1.54) is 6.07 Å². The minimum Gasteiger partial charge on any atom is -0.309 e. The summed E-state index contributed by atoms with van der Waals surface area (Å²) in [4.78, 5) is 2.42. The summed E-state index contributed by atoms with van der Waals surface area (Å²) in [6.45, 7) is 8.57. The summed E-state index contributed by atoms with van der Waals surface area (Å²) in [5, 5.41) is 3.51. The first-order chi connectivity index (χ1) is 8.06. The molecule has 0 aliphatic carbocycles. The highest BCUT2D eigenvalue weighted by Gasteiger charge is 2.25. The molecule has 1 N–H and O–H groups in total. The van der Waals surface area contributed by atoms with Crippen molar-refractivity contribution in [3.8, 4) is 0 Å². The molecule has 1 saturated heterocycles. The van der Waals surface area contributed by atoms with E-state index in [0.29, 0.717) is 12.1 Å². The Bertz CT molecular complexity index is 370. The van der Waals surface area contributed by atoms with Crippen LogP contribution < -0.4 is 5.32 Å². The number of nitrogens with one attached hydrogen (secondary N) is 1. The number of halogens is 1. The molecule has 17 heavy (non-hydrogen) atoms. The molecule has 2 rings (SSSR count). The molecule has 1 aliphatic heterocycles. The summed E-state index contributed by atoms with van der Waals surface area (Å²) in [6.07, 6.45) is 0. The van der Waals surface area contributed by atoms with Gasteiger partial charge in [0.2, 0.25) is 0 Å². The second-order valence-electron chi connectivity index (χ2n) is 5.15. The highest BCUT2D eigenvalue weighted by Crippen LogP contribution is 2.23. The van der Waals surface area contributed by atoms with Gasteiger partial charge in [0, 0.05) is 31.2 Å². The molecule has 0 bridgehead atoms. The third-order valence-electron chi connectivity index (χ3n) is 3.46. The summed E-state index contributed by atoms with van der Waals surface area (Å²) >= 11 is 0. The van der Waals surface area contributed by atoms with Crippen LogP contribution >= 0.6 is 0 Å². The Morgan fingerprint density at radius 3 is 2.53 bits per heavy atom. The van der Waals surface area contributed by atoms with Crippen molar-refractivity contribution in [3.05, 3.63) is 35.6 Å². The lowest BCUT2D eigenvalue weighted by molar-refractivity contribution is 0.131. The quantitative estimate of drug-likeness (QED) is 0.849. The minimum absolute atomic E-state index is 0.148. The molecule has 0 saturated carbocycles. The second-order valence-corrected chi connectivity index (χ2v) is 5.15. The van der Waals surface area contributed by atoms with Crippen LogP contribution in [0.2, 0.25) is 0 Å². The molecule has 1 fully saturated rings. The Morgan fingerprint density at radius 1 is 1.29 bits per heavy atom. The minimum atomic E-state index is -0.148. The van der Waals surface area contributed by atoms with Crippen molar-refractivity contribution < 1.29 is 4.39 Å². The van der Waals surface area contributed by atoms with Crippen molar-refractivity contribution in [2.45, 2.75) is 38.9 Å². The zero-order valence-electron chi connectivity index (χ0n) is 10.8. The summed E-state index contributed by atoms with van der Waals surface area (Å²) in [5.41, 5.74) is 1.06. The van der Waals surface area contributed by atoms with Crippen LogP contribution in [0.3, 0.4) is 0 Å². The molecule has 1 aliphatic rings. The maximum atomic E-state index is 13.2. The molecule has 0 aromatic heterocycles. The maximum absolute atomic E-state index is 13.2. The molecule has 3 unspecified atom stereocenters. The number of piperazine rings is 1. The zero-order valence-corrected chi connectivity index (χ0v) is 10.8. The fourth-order valence-electron chi connectivity index (χ4n) is 2.66. The summed E-state index contributed by atoms with van der Waals surface area (Å²) < 4.78 is 13.2. The zero-order chi connectivity index (χ0) is 12.4. The molecule has 0 radical (unpaired) electrons. The average molecular weight is 236 g/mol. The third kappa shape index (κ3) is 3.05. The van der Waals surface area contributed by atoms with E-state index in [2.05, 4.69) is 31.0 Å². The van der Waals surface area contributed by atoms with Gasteiger partial charge in [-0.3, -0.25) is 4.90 Å². The molecule has 1 heterocycles. The smallest absolute Gasteiger partial charge is 0.123 e. The number of nitrogens with zero attached hydrogens (tertiary/aromatic N) is 1. The predicted molar refractivity (Wildman–Crippen MR) is 68.4 cm³/mol. The van der Waals surface area contributed by atoms with Gasteiger partial charge in [-0.25, -0.2) is 4.39 Å². The SMILES string of the molecule is CC1CN(C(C)c2cccc(F)c2)CC(C)N1. The molecular formula is C14H21FN2. The van der Waals surface area contributed by atoms with E-state index in [9.17, 15) is 4.39 Å². The fourth-order valence-corrected chi connectivity index (χ4v) is 2.66. The van der Waals surface area contributed by atoms with Gasteiger partial charge in [0.25, 0.3) is 0 Å². The van der Waals surface area contributed by atoms with E-state index < -0.39 is 0 Å². The van der Waals surface area contributed by atoms with Gasteiger partial charge in [-0.2, -0.15) is 0 Å². The second kappa shape index (κ2) is 5.15. The summed E-state index contributed by atoms with van der Waals surface area (Å²) in [7, 11) is 0. The van der Waals surface area contributed by atoms with Crippen LogP contribution in [-0.2, 0) is 0 Å². The van der Waals surface area contributed by atoms with Crippen molar-refractivity contribution in [3.63, 3.8) is 0 Å². The van der Waals surface area contributed by atoms with E-state index >= 15 is 0 Å². The van der Waals surface area contributed by atoms with Crippen molar-refractivity contribution in [1.82, 2.24) is 10.2 Å². The Labute approximate surface area is 103 Å². The first-order valence-electron chi connectivity index (χ1n) is 6.32. The van der Waals surface area contributed by atoms with Crippen molar-refractivity contribution in [2.75, 3.05) is 13.1 Å². The van der Waals surface area contributed by atoms with Gasteiger partial charge in [0.15, 0.2) is 0 Å². The lowest BCUT2D eigenvalue weighted by Crippen LogP contribution is -2.54. The van der Waals surface area contributed by atoms with Crippen LogP contribution in [-0.4, -0.2) is 30.1 Å². The van der Waals surface area contributed by atoms with E-state index in [0.717, 1.165) is 18.7 Å². The largest absolute Gasteiger partial charge is 0.309 e. The van der Waals surface area contributed by atoms with Gasteiger partial charge in [-0.15, -0.1) is 0 Å². The van der Waals surface area contributed by atoms with Gasteiger partial charge in [-0.1, -0.05) is 12.1 Å². The fraction of sp³-hybridized carbons (Fsp3) is 0.571. The van der Waals surface area contributed by atoms with Gasteiger partial charge < -0.3 is 5.32 Å². The number of benzene rings is 1. The lowest BCUT2D eigenvalue weighted by Gasteiger charge is -2.39. The van der Waals surface area contributed by atoms with E-state index in [4.69, 9.17) is 0 Å². The highest BCUT2D eigenvalue weighted by molar-refractivity contribution is 5.20. The van der Waals surface area contributed by atoms with Crippen LogP contribution in [0, 0.1) is 5.82 Å². The molecule has 2 nitrogen and oxygen atoms in total. The molecule has 0 amide bonds. The van der Waals surface area contributed by atoms with Crippen molar-refractivity contribution in [1.29, 1.82) is 0 Å². The number of hydrogen-bond donors (Lipinski definition) is 1. The summed E-state index contributed by atoms with van der Waals surface area (Å²) in [6, 6.07) is 8.20. The first-order valence-corrected chi connectivity index (χ1v) is 6.32. The Hall–Kier alpha value is -0.930. The van der Waals surface area contributed by atoms with Crippen LogP contribution in [0.4, 0.5) is 4.39 Å². The molecule has 1 aromatic rings. The number of hydrogen-bond acceptors (Lipinski definition) is 2. The number of rotatable bonds is 2. The monoisotopic (exact) mass is 236 g/mol. The first kappa shape index (κ1) is 12.5. The molecule has 0 spiro atoms. The third-order valence-corrected chi connectivity index (χ3v) is 3.46. The molecule has 1 aromatic carbocycles. The normalized spacial score (nSPS) is 28.0. The molecule has 3 atom stereocenters. The predicted octanol–water partition coefficient (Wildman–Crippen LogP) is 2.57. The molecule has 94 valence electrons. The Morgan fingerprint density at radius 2 is 1.94 bits per heavy atom. The molecule has 3 heteroatoms. The lowest BCUT2D eigenvalue weighted by atomic mass is 10.0. The van der Waals surface area contributed by atoms with Crippen molar-refractivity contribution >= 4 is 0 Å². The summed E-state index contributed by atoms with van der Waals surface area (Å²) in [5.74, 6) is -0.148. The van der Waals surface area contributed by atoms with Crippen LogP contribution in [0.5, 0.6) is 0 Å². The van der Waals surface area contributed by atoms with Gasteiger partial charge in [0.1, 0.15) is 5.82 Å². The van der Waals surface area contributed by atoms with Crippen LogP contribution in [0.25, 0.3) is 0 Å². The maximum Gasteiger partial charge on any atom is 0.123 e. The standard InChI is InChI=1S/C14H21FN2/c1-10-8-17(9-11(2)16-10)12(3)13-5-4-6-14(15)7-13/h4-7,10-12,16H,8-9H2,1-3H3. The van der Waals surface area contributed by atoms with Gasteiger partial charge >= 0.3 is 0 Å². The van der Waals surface area contributed by atoms with E-state index in [-0.39, 0.29) is 11.9 Å². The van der Waals surface area contributed by atoms with E-state index in [1.807, 2.05) is 6.07 Å². The molecular weight excluding hydrogens is 215 g/mol. The average Bonchev–Trinajstić information content (AvgIpc) is 2.26. The highest BCUT2D eigenvalue weighted by atomic mass is 19.1. The topological polar surface area (TPSA) is 15.3 Å². The van der Waals surface area contributed by atoms with Crippen molar-refractivity contribution in [2.24, 2.45) is 0 Å². The Kier molecular flexibility index (Phi) is 3.79.